The van der Waals surface area contributed by atoms with E-state index in [9.17, 15) is 24.0 Å². The van der Waals surface area contributed by atoms with Crippen LogP contribution in [0.3, 0.4) is 0 Å². The van der Waals surface area contributed by atoms with E-state index in [1.807, 2.05) is 13.8 Å². The minimum Gasteiger partial charge on any atom is -0.480 e. The average Bonchev–Trinajstić information content (AvgIpc) is 2.71. The lowest BCUT2D eigenvalue weighted by atomic mass is 10.0. The molecular formula is C19H36N8O6S. The Bertz CT molecular complexity index is 759. The van der Waals surface area contributed by atoms with Gasteiger partial charge >= 0.3 is 5.97 Å². The maximum Gasteiger partial charge on any atom is 0.327 e. The third-order valence-electron chi connectivity index (χ3n) is 4.48. The van der Waals surface area contributed by atoms with Gasteiger partial charge in [-0.25, -0.2) is 4.79 Å². The summed E-state index contributed by atoms with van der Waals surface area (Å²) in [5, 5.41) is 16.1. The van der Waals surface area contributed by atoms with E-state index in [4.69, 9.17) is 28.0 Å². The lowest BCUT2D eigenvalue weighted by Crippen LogP contribution is -2.58. The summed E-state index contributed by atoms with van der Waals surface area (Å²) in [5.74, 6) is -4.82. The second-order valence-electron chi connectivity index (χ2n) is 8.06. The Balaban J connectivity index is 5.54. The molecule has 4 unspecified atom stereocenters. The molecule has 0 heterocycles. The van der Waals surface area contributed by atoms with Crippen LogP contribution in [0.2, 0.25) is 0 Å². The number of guanidine groups is 1. The fraction of sp³-hybridized carbons (Fsp3) is 0.684. The maximum absolute atomic E-state index is 12.9. The van der Waals surface area contributed by atoms with Gasteiger partial charge in [0, 0.05) is 12.3 Å². The molecule has 0 saturated heterocycles. The number of hydrogen-bond acceptors (Lipinski definition) is 8. The number of thiol groups is 1. The van der Waals surface area contributed by atoms with Gasteiger partial charge in [0.2, 0.25) is 23.6 Å². The Morgan fingerprint density at radius 3 is 1.91 bits per heavy atom. The van der Waals surface area contributed by atoms with Crippen LogP contribution >= 0.6 is 12.6 Å². The van der Waals surface area contributed by atoms with Crippen LogP contribution in [0.1, 0.15) is 39.5 Å². The Kier molecular flexibility index (Phi) is 14.3. The van der Waals surface area contributed by atoms with E-state index in [0.717, 1.165) is 0 Å². The summed E-state index contributed by atoms with van der Waals surface area (Å²) in [6.45, 7) is 3.94. The van der Waals surface area contributed by atoms with Crippen LogP contribution in [-0.4, -0.2) is 77.1 Å². The average molecular weight is 505 g/mol. The number of rotatable bonds is 16. The number of aliphatic imine (C=N–C) groups is 1. The van der Waals surface area contributed by atoms with Crippen LogP contribution in [0.5, 0.6) is 0 Å². The zero-order valence-corrected chi connectivity index (χ0v) is 20.2. The predicted octanol–water partition coefficient (Wildman–Crippen LogP) is -3.24. The Morgan fingerprint density at radius 1 is 0.912 bits per heavy atom. The van der Waals surface area contributed by atoms with E-state index in [2.05, 4.69) is 33.6 Å². The summed E-state index contributed by atoms with van der Waals surface area (Å²) in [4.78, 5) is 64.3. The van der Waals surface area contributed by atoms with Crippen molar-refractivity contribution >= 4 is 48.2 Å². The summed E-state index contributed by atoms with van der Waals surface area (Å²) in [6, 6.07) is -4.84. The lowest BCUT2D eigenvalue weighted by molar-refractivity contribution is -0.141. The number of carboxylic acids is 1. The van der Waals surface area contributed by atoms with Crippen LogP contribution in [0.25, 0.3) is 0 Å². The molecule has 34 heavy (non-hydrogen) atoms. The molecule has 0 aromatic rings. The van der Waals surface area contributed by atoms with Crippen molar-refractivity contribution in [2.45, 2.75) is 63.7 Å². The van der Waals surface area contributed by atoms with Crippen LogP contribution in [0.15, 0.2) is 4.99 Å². The van der Waals surface area contributed by atoms with Crippen molar-refractivity contribution in [2.24, 2.45) is 33.8 Å². The van der Waals surface area contributed by atoms with E-state index < -0.39 is 60.2 Å². The standard InChI is InChI=1S/C19H36N8O6S/c1-9(2)6-10(20)15(29)25-11(4-3-5-24-19(22)23)16(30)26-12(7-14(21)28)17(31)27-13(8-34)18(32)33/h9-13,34H,3-8,20H2,1-2H3,(H2,21,28)(H,25,29)(H,26,30)(H,27,31)(H,32,33)(H4,22,23,24). The highest BCUT2D eigenvalue weighted by Crippen LogP contribution is 2.06. The van der Waals surface area contributed by atoms with Gasteiger partial charge in [0.1, 0.15) is 18.1 Å². The number of amides is 4. The third kappa shape index (κ3) is 12.8. The second kappa shape index (κ2) is 15.7. The molecule has 14 nitrogen and oxygen atoms in total. The third-order valence-corrected chi connectivity index (χ3v) is 4.84. The molecule has 0 aliphatic carbocycles. The number of carboxylic acid groups (broad SMARTS) is 1. The first-order chi connectivity index (χ1) is 15.8. The van der Waals surface area contributed by atoms with E-state index >= 15 is 0 Å². The second-order valence-corrected chi connectivity index (χ2v) is 8.42. The normalized spacial score (nSPS) is 14.3. The number of carbonyl (C=O) groups excluding carboxylic acids is 4. The first-order valence-corrected chi connectivity index (χ1v) is 11.3. The van der Waals surface area contributed by atoms with Gasteiger partial charge in [-0.15, -0.1) is 0 Å². The van der Waals surface area contributed by atoms with Crippen molar-refractivity contribution in [3.8, 4) is 0 Å². The number of nitrogens with zero attached hydrogens (tertiary/aromatic N) is 1. The van der Waals surface area contributed by atoms with Gasteiger partial charge in [0.25, 0.3) is 0 Å². The van der Waals surface area contributed by atoms with Crippen molar-refractivity contribution < 1.29 is 29.1 Å². The van der Waals surface area contributed by atoms with Gasteiger partial charge in [-0.2, -0.15) is 12.6 Å². The molecule has 0 aromatic heterocycles. The van der Waals surface area contributed by atoms with Crippen molar-refractivity contribution in [2.75, 3.05) is 12.3 Å². The van der Waals surface area contributed by atoms with Gasteiger partial charge in [0.05, 0.1) is 12.5 Å². The Labute approximate surface area is 203 Å². The van der Waals surface area contributed by atoms with Crippen LogP contribution in [-0.2, 0) is 24.0 Å². The van der Waals surface area contributed by atoms with Crippen molar-refractivity contribution in [1.82, 2.24) is 16.0 Å². The highest BCUT2D eigenvalue weighted by molar-refractivity contribution is 7.80. The fourth-order valence-electron chi connectivity index (χ4n) is 2.81. The molecule has 0 radical (unpaired) electrons. The van der Waals surface area contributed by atoms with Gasteiger partial charge in [-0.1, -0.05) is 13.8 Å². The van der Waals surface area contributed by atoms with Gasteiger partial charge in [-0.3, -0.25) is 24.2 Å². The molecule has 0 spiro atoms. The number of carbonyl (C=O) groups is 5. The zero-order chi connectivity index (χ0) is 26.4. The van der Waals surface area contributed by atoms with Crippen LogP contribution in [0, 0.1) is 5.92 Å². The summed E-state index contributed by atoms with van der Waals surface area (Å²) >= 11 is 3.85. The largest absolute Gasteiger partial charge is 0.480 e. The van der Waals surface area contributed by atoms with Crippen LogP contribution < -0.4 is 38.9 Å². The van der Waals surface area contributed by atoms with E-state index in [-0.39, 0.29) is 30.6 Å². The van der Waals surface area contributed by atoms with Crippen molar-refractivity contribution in [1.29, 1.82) is 0 Å². The SMILES string of the molecule is CC(C)CC(N)C(=O)NC(CCCN=C(N)N)C(=O)NC(CC(N)=O)C(=O)NC(CS)C(=O)O. The minimum atomic E-state index is -1.48. The lowest BCUT2D eigenvalue weighted by Gasteiger charge is -2.24. The van der Waals surface area contributed by atoms with Gasteiger partial charge < -0.3 is 44.0 Å². The van der Waals surface area contributed by atoms with E-state index in [1.165, 1.54) is 0 Å². The van der Waals surface area contributed by atoms with Crippen molar-refractivity contribution in [3.63, 3.8) is 0 Å². The number of primary amides is 1. The predicted molar refractivity (Wildman–Crippen MR) is 128 cm³/mol. The first-order valence-electron chi connectivity index (χ1n) is 10.6. The molecule has 15 heteroatoms. The molecule has 194 valence electrons. The summed E-state index contributed by atoms with van der Waals surface area (Å²) in [6.07, 6.45) is 0.157. The maximum atomic E-state index is 12.9. The van der Waals surface area contributed by atoms with E-state index in [0.29, 0.717) is 12.8 Å². The number of aliphatic carboxylic acids is 1. The Hall–Kier alpha value is -3.07. The topological polar surface area (TPSA) is 258 Å². The number of nitrogens with two attached hydrogens (primary N) is 4. The molecule has 0 rings (SSSR count). The molecule has 0 bridgehead atoms. The summed E-state index contributed by atoms with van der Waals surface area (Å²) in [5.41, 5.74) is 21.6. The zero-order valence-electron chi connectivity index (χ0n) is 19.3. The van der Waals surface area contributed by atoms with Gasteiger partial charge in [0.15, 0.2) is 5.96 Å². The number of nitrogens with one attached hydrogen (secondary N) is 3. The molecule has 0 fully saturated rings. The quantitative estimate of drug-likeness (QED) is 0.0442. The molecule has 4 amide bonds. The summed E-state index contributed by atoms with van der Waals surface area (Å²) in [7, 11) is 0. The molecular weight excluding hydrogens is 468 g/mol. The fourth-order valence-corrected chi connectivity index (χ4v) is 3.05. The van der Waals surface area contributed by atoms with Crippen LogP contribution in [0.4, 0.5) is 0 Å². The Morgan fingerprint density at radius 2 is 1.44 bits per heavy atom. The molecule has 0 saturated carbocycles. The molecule has 0 aromatic carbocycles. The van der Waals surface area contributed by atoms with E-state index in [1.54, 1.807) is 0 Å². The molecule has 0 aliphatic rings. The molecule has 12 N–H and O–H groups in total. The van der Waals surface area contributed by atoms with Crippen molar-refractivity contribution in [3.05, 3.63) is 0 Å². The highest BCUT2D eigenvalue weighted by Gasteiger charge is 2.30. The summed E-state index contributed by atoms with van der Waals surface area (Å²) < 4.78 is 0. The smallest absolute Gasteiger partial charge is 0.327 e. The minimum absolute atomic E-state index is 0.0854. The monoisotopic (exact) mass is 504 g/mol. The van der Waals surface area contributed by atoms with Gasteiger partial charge in [-0.05, 0) is 25.2 Å². The molecule has 4 atom stereocenters. The molecule has 0 aliphatic heterocycles. The first kappa shape index (κ1) is 30.9. The highest BCUT2D eigenvalue weighted by atomic mass is 32.1. The number of hydrogen-bond donors (Lipinski definition) is 9.